The second-order valence-electron chi connectivity index (χ2n) is 8.27. The molecular weight excluding hydrogens is 421 g/mol. The molecule has 0 unspecified atom stereocenters. The van der Waals surface area contributed by atoms with E-state index in [1.807, 2.05) is 19.2 Å². The van der Waals surface area contributed by atoms with Gasteiger partial charge in [-0.05, 0) is 54.1 Å². The third-order valence-electron chi connectivity index (χ3n) is 5.98. The van der Waals surface area contributed by atoms with Gasteiger partial charge in [0, 0.05) is 24.2 Å². The average molecular weight is 443 g/mol. The molecule has 3 aromatic carbocycles. The number of rotatable bonds is 5. The molecular formula is C26H22FN3O3. The highest BCUT2D eigenvalue weighted by Gasteiger charge is 2.28. The van der Waals surface area contributed by atoms with Crippen molar-refractivity contribution in [3.05, 3.63) is 94.9 Å². The van der Waals surface area contributed by atoms with Crippen molar-refractivity contribution < 1.29 is 19.4 Å². The summed E-state index contributed by atoms with van der Waals surface area (Å²) >= 11 is 0. The number of phenols is 1. The molecule has 0 spiro atoms. The number of aromatic nitrogens is 2. The third kappa shape index (κ3) is 3.76. The number of carbonyl (C=O) groups is 1. The molecule has 2 N–H and O–H groups in total. The SMILES string of the molecule is CN1Cc2nn(Cc3c(C(=O)O)cccc3-c3cccc(O)c3)c(-c3ccccc3F)c2C1. The lowest BCUT2D eigenvalue weighted by atomic mass is 9.95. The Bertz CT molecular complexity index is 1380. The van der Waals surface area contributed by atoms with Crippen LogP contribution in [0.4, 0.5) is 4.39 Å². The predicted octanol–water partition coefficient (Wildman–Crippen LogP) is 4.75. The highest BCUT2D eigenvalue weighted by molar-refractivity contribution is 5.92. The van der Waals surface area contributed by atoms with Crippen LogP contribution in [0.5, 0.6) is 5.75 Å². The van der Waals surface area contributed by atoms with Gasteiger partial charge in [0.15, 0.2) is 0 Å². The van der Waals surface area contributed by atoms with Crippen LogP contribution in [0.25, 0.3) is 22.4 Å². The number of phenolic OH excluding ortho intramolecular Hbond substituents is 1. The lowest BCUT2D eigenvalue weighted by Crippen LogP contribution is -2.15. The number of hydrogen-bond acceptors (Lipinski definition) is 4. The molecule has 0 aliphatic carbocycles. The van der Waals surface area contributed by atoms with Crippen molar-refractivity contribution >= 4 is 5.97 Å². The fourth-order valence-electron chi connectivity index (χ4n) is 4.54. The van der Waals surface area contributed by atoms with Gasteiger partial charge in [0.25, 0.3) is 0 Å². The summed E-state index contributed by atoms with van der Waals surface area (Å²) in [4.78, 5) is 14.2. The molecule has 1 aliphatic heterocycles. The number of fused-ring (bicyclic) bond motifs is 1. The van der Waals surface area contributed by atoms with E-state index in [0.717, 1.165) is 11.3 Å². The van der Waals surface area contributed by atoms with Gasteiger partial charge in [-0.25, -0.2) is 9.18 Å². The highest BCUT2D eigenvalue weighted by Crippen LogP contribution is 2.36. The number of aromatic carboxylic acids is 1. The Morgan fingerprint density at radius 3 is 2.55 bits per heavy atom. The van der Waals surface area contributed by atoms with E-state index in [1.165, 1.54) is 6.07 Å². The molecule has 0 saturated heterocycles. The Morgan fingerprint density at radius 2 is 1.79 bits per heavy atom. The first-order valence-electron chi connectivity index (χ1n) is 10.6. The largest absolute Gasteiger partial charge is 0.508 e. The van der Waals surface area contributed by atoms with Crippen LogP contribution in [0.15, 0.2) is 66.7 Å². The molecule has 2 heterocycles. The summed E-state index contributed by atoms with van der Waals surface area (Å²) in [5, 5.41) is 24.7. The predicted molar refractivity (Wildman–Crippen MR) is 122 cm³/mol. The van der Waals surface area contributed by atoms with Crippen molar-refractivity contribution in [1.29, 1.82) is 0 Å². The van der Waals surface area contributed by atoms with Crippen LogP contribution < -0.4 is 0 Å². The molecule has 0 radical (unpaired) electrons. The van der Waals surface area contributed by atoms with Crippen molar-refractivity contribution in [2.45, 2.75) is 19.6 Å². The molecule has 33 heavy (non-hydrogen) atoms. The number of carboxylic acids is 1. The maximum absolute atomic E-state index is 14.9. The van der Waals surface area contributed by atoms with Gasteiger partial charge in [-0.2, -0.15) is 5.10 Å². The van der Waals surface area contributed by atoms with Gasteiger partial charge in [-0.3, -0.25) is 9.58 Å². The lowest BCUT2D eigenvalue weighted by molar-refractivity contribution is 0.0695. The van der Waals surface area contributed by atoms with Crippen molar-refractivity contribution in [3.63, 3.8) is 0 Å². The minimum Gasteiger partial charge on any atom is -0.508 e. The van der Waals surface area contributed by atoms with Gasteiger partial charge in [-0.1, -0.05) is 36.4 Å². The van der Waals surface area contributed by atoms with E-state index in [9.17, 15) is 19.4 Å². The van der Waals surface area contributed by atoms with Crippen LogP contribution in [0.2, 0.25) is 0 Å². The van der Waals surface area contributed by atoms with E-state index < -0.39 is 5.97 Å². The van der Waals surface area contributed by atoms with Gasteiger partial charge in [-0.15, -0.1) is 0 Å². The summed E-state index contributed by atoms with van der Waals surface area (Å²) in [6.45, 7) is 1.43. The average Bonchev–Trinajstić information content (AvgIpc) is 3.29. The Kier molecular flexibility index (Phi) is 5.18. The van der Waals surface area contributed by atoms with Crippen molar-refractivity contribution in [2.75, 3.05) is 7.05 Å². The van der Waals surface area contributed by atoms with Crippen LogP contribution in [-0.4, -0.2) is 37.9 Å². The van der Waals surface area contributed by atoms with Crippen LogP contribution in [0, 0.1) is 5.82 Å². The normalized spacial score (nSPS) is 13.3. The van der Waals surface area contributed by atoms with E-state index in [1.54, 1.807) is 53.2 Å². The maximum Gasteiger partial charge on any atom is 0.336 e. The number of nitrogens with zero attached hydrogens (tertiary/aromatic N) is 3. The molecule has 0 fully saturated rings. The zero-order valence-electron chi connectivity index (χ0n) is 18.0. The summed E-state index contributed by atoms with van der Waals surface area (Å²) in [6, 6.07) is 18.3. The Hall–Kier alpha value is -3.97. The minimum atomic E-state index is -1.06. The molecule has 5 rings (SSSR count). The second kappa shape index (κ2) is 8.18. The molecule has 0 atom stereocenters. The first-order valence-corrected chi connectivity index (χ1v) is 10.6. The molecule has 6 nitrogen and oxygen atoms in total. The number of carboxylic acid groups (broad SMARTS) is 1. The monoisotopic (exact) mass is 443 g/mol. The molecule has 4 aromatic rings. The van der Waals surface area contributed by atoms with Gasteiger partial charge < -0.3 is 10.2 Å². The van der Waals surface area contributed by atoms with E-state index in [-0.39, 0.29) is 23.7 Å². The standard InChI is InChI=1S/C26H22FN3O3/c1-29-13-22-24(15-29)28-30(25(22)20-8-2-3-11-23(20)27)14-21-18(9-5-10-19(21)26(32)33)16-6-4-7-17(31)12-16/h2-12,31H,13-15H2,1H3,(H,32,33). The van der Waals surface area contributed by atoms with E-state index in [2.05, 4.69) is 4.90 Å². The number of halogens is 1. The van der Waals surface area contributed by atoms with Crippen LogP contribution in [-0.2, 0) is 19.6 Å². The number of benzene rings is 3. The summed E-state index contributed by atoms with van der Waals surface area (Å²) < 4.78 is 16.6. The smallest absolute Gasteiger partial charge is 0.336 e. The van der Waals surface area contributed by atoms with Gasteiger partial charge in [0.2, 0.25) is 0 Å². The maximum atomic E-state index is 14.9. The molecule has 1 aromatic heterocycles. The van der Waals surface area contributed by atoms with Crippen molar-refractivity contribution in [2.24, 2.45) is 0 Å². The van der Waals surface area contributed by atoms with Crippen LogP contribution in [0.1, 0.15) is 27.2 Å². The zero-order chi connectivity index (χ0) is 23.1. The Balaban J connectivity index is 1.71. The van der Waals surface area contributed by atoms with Crippen LogP contribution >= 0.6 is 0 Å². The molecule has 0 bridgehead atoms. The Morgan fingerprint density at radius 1 is 1.03 bits per heavy atom. The fraction of sp³-hybridized carbons (Fsp3) is 0.154. The van der Waals surface area contributed by atoms with E-state index in [4.69, 9.17) is 5.10 Å². The minimum absolute atomic E-state index is 0.0901. The van der Waals surface area contributed by atoms with Crippen molar-refractivity contribution in [3.8, 4) is 28.1 Å². The second-order valence-corrected chi connectivity index (χ2v) is 8.27. The summed E-state index contributed by atoms with van der Waals surface area (Å²) in [5.41, 5.74) is 4.98. The highest BCUT2D eigenvalue weighted by atomic mass is 19.1. The molecule has 0 amide bonds. The number of aromatic hydroxyl groups is 1. The first kappa shape index (κ1) is 20.9. The third-order valence-corrected chi connectivity index (χ3v) is 5.98. The molecule has 166 valence electrons. The quantitative estimate of drug-likeness (QED) is 0.465. The lowest BCUT2D eigenvalue weighted by Gasteiger charge is -2.17. The number of hydrogen-bond donors (Lipinski definition) is 2. The summed E-state index contributed by atoms with van der Waals surface area (Å²) in [6.07, 6.45) is 0. The van der Waals surface area contributed by atoms with Crippen LogP contribution in [0.3, 0.4) is 0 Å². The van der Waals surface area contributed by atoms with Gasteiger partial charge in [0.05, 0.1) is 23.5 Å². The topological polar surface area (TPSA) is 78.6 Å². The fourth-order valence-corrected chi connectivity index (χ4v) is 4.54. The molecule has 0 saturated carbocycles. The van der Waals surface area contributed by atoms with E-state index >= 15 is 0 Å². The van der Waals surface area contributed by atoms with Gasteiger partial charge in [0.1, 0.15) is 11.6 Å². The zero-order valence-corrected chi connectivity index (χ0v) is 18.0. The van der Waals surface area contributed by atoms with Crippen molar-refractivity contribution in [1.82, 2.24) is 14.7 Å². The van der Waals surface area contributed by atoms with Gasteiger partial charge >= 0.3 is 5.97 Å². The van der Waals surface area contributed by atoms with E-state index in [0.29, 0.717) is 41.0 Å². The molecule has 7 heteroatoms. The summed E-state index contributed by atoms with van der Waals surface area (Å²) in [7, 11) is 1.98. The molecule has 1 aliphatic rings. The first-order chi connectivity index (χ1) is 15.9. The Labute approximate surface area is 190 Å². The summed E-state index contributed by atoms with van der Waals surface area (Å²) in [5.74, 6) is -1.32.